The van der Waals surface area contributed by atoms with Crippen LogP contribution in [0.25, 0.3) is 11.0 Å². The minimum atomic E-state index is -0.406. The monoisotopic (exact) mass is 402 g/mol. The van der Waals surface area contributed by atoms with E-state index in [0.717, 1.165) is 5.56 Å². The minimum Gasteiger partial charge on any atom is -0.455 e. The Hall–Kier alpha value is -4.00. The van der Waals surface area contributed by atoms with Gasteiger partial charge in [-0.15, -0.1) is 0 Å². The third kappa shape index (κ3) is 3.77. The molecule has 2 N–H and O–H groups in total. The van der Waals surface area contributed by atoms with Gasteiger partial charge in [0.25, 0.3) is 0 Å². The van der Waals surface area contributed by atoms with E-state index in [-0.39, 0.29) is 5.69 Å². The van der Waals surface area contributed by atoms with Crippen molar-refractivity contribution in [3.05, 3.63) is 82.8 Å². The molecular weight excluding hydrogens is 380 g/mol. The normalized spacial score (nSPS) is 10.8. The van der Waals surface area contributed by atoms with Crippen LogP contribution in [0.1, 0.15) is 5.56 Å². The Morgan fingerprint density at radius 3 is 2.17 bits per heavy atom. The maximum Gasteiger partial charge on any atom is 0.328 e. The van der Waals surface area contributed by atoms with E-state index in [4.69, 9.17) is 4.74 Å². The number of imidazole rings is 1. The van der Waals surface area contributed by atoms with E-state index in [9.17, 15) is 9.59 Å². The molecule has 1 aromatic heterocycles. The fourth-order valence-corrected chi connectivity index (χ4v) is 3.25. The fraction of sp³-hybridized carbons (Fsp3) is 0.130. The van der Waals surface area contributed by atoms with Crippen LogP contribution in [0.2, 0.25) is 0 Å². The molecule has 152 valence electrons. The molecule has 0 atom stereocenters. The largest absolute Gasteiger partial charge is 0.455 e. The average molecular weight is 402 g/mol. The average Bonchev–Trinajstić information content (AvgIpc) is 2.94. The maximum atomic E-state index is 12.6. The second-order valence-corrected chi connectivity index (χ2v) is 7.10. The van der Waals surface area contributed by atoms with Gasteiger partial charge in [-0.1, -0.05) is 35.9 Å². The molecule has 4 rings (SSSR count). The lowest BCUT2D eigenvalue weighted by Gasteiger charge is -2.14. The molecule has 0 saturated carbocycles. The molecule has 0 saturated heterocycles. The van der Waals surface area contributed by atoms with Gasteiger partial charge in [0.05, 0.1) is 16.7 Å². The number of urea groups is 1. The molecule has 4 aromatic rings. The number of amides is 2. The number of ether oxygens (including phenoxy) is 1. The van der Waals surface area contributed by atoms with Gasteiger partial charge in [-0.2, -0.15) is 0 Å². The predicted molar refractivity (Wildman–Crippen MR) is 118 cm³/mol. The molecule has 3 aromatic carbocycles. The number of para-hydroxylation sites is 1. The molecule has 0 aliphatic rings. The van der Waals surface area contributed by atoms with Gasteiger partial charge in [0, 0.05) is 25.8 Å². The van der Waals surface area contributed by atoms with Crippen molar-refractivity contribution >= 4 is 28.4 Å². The van der Waals surface area contributed by atoms with E-state index in [0.29, 0.717) is 33.9 Å². The molecule has 0 aliphatic heterocycles. The summed E-state index contributed by atoms with van der Waals surface area (Å²) in [7, 11) is 3.40. The number of carbonyl (C=O) groups is 1. The Balaban J connectivity index is 1.71. The highest BCUT2D eigenvalue weighted by Gasteiger charge is 2.16. The van der Waals surface area contributed by atoms with Crippen LogP contribution in [0.4, 0.5) is 16.2 Å². The molecule has 0 fully saturated rings. The zero-order valence-corrected chi connectivity index (χ0v) is 17.0. The van der Waals surface area contributed by atoms with Gasteiger partial charge in [-0.3, -0.25) is 9.13 Å². The number of benzene rings is 3. The van der Waals surface area contributed by atoms with Crippen LogP contribution in [0.5, 0.6) is 11.5 Å². The van der Waals surface area contributed by atoms with Gasteiger partial charge >= 0.3 is 11.7 Å². The molecule has 0 unspecified atom stereocenters. The Labute approximate surface area is 173 Å². The zero-order chi connectivity index (χ0) is 21.3. The SMILES string of the molecule is Cc1ccc(NC(=O)Nc2cc3c(cc2Oc2ccccc2)n(C)c(=O)n3C)cc1. The molecule has 0 bridgehead atoms. The van der Waals surface area contributed by atoms with Gasteiger partial charge in [0.2, 0.25) is 0 Å². The first kappa shape index (κ1) is 19.3. The van der Waals surface area contributed by atoms with Crippen molar-refractivity contribution in [3.8, 4) is 11.5 Å². The van der Waals surface area contributed by atoms with Crippen LogP contribution >= 0.6 is 0 Å². The van der Waals surface area contributed by atoms with Gasteiger partial charge < -0.3 is 15.4 Å². The second-order valence-electron chi connectivity index (χ2n) is 7.10. The van der Waals surface area contributed by atoms with Gasteiger partial charge in [-0.05, 0) is 37.3 Å². The Morgan fingerprint density at radius 1 is 0.867 bits per heavy atom. The number of carbonyl (C=O) groups excluding carboxylic acids is 1. The van der Waals surface area contributed by atoms with Crippen molar-refractivity contribution in [1.82, 2.24) is 9.13 Å². The van der Waals surface area contributed by atoms with E-state index in [2.05, 4.69) is 10.6 Å². The van der Waals surface area contributed by atoms with E-state index >= 15 is 0 Å². The highest BCUT2D eigenvalue weighted by atomic mass is 16.5. The van der Waals surface area contributed by atoms with Crippen LogP contribution in [-0.2, 0) is 14.1 Å². The molecule has 0 radical (unpaired) electrons. The Kier molecular flexibility index (Phi) is 5.02. The molecule has 7 heteroatoms. The number of aryl methyl sites for hydroxylation is 3. The molecular formula is C23H22N4O3. The van der Waals surface area contributed by atoms with E-state index in [1.807, 2.05) is 61.5 Å². The first-order valence-corrected chi connectivity index (χ1v) is 9.49. The summed E-state index contributed by atoms with van der Waals surface area (Å²) in [4.78, 5) is 25.0. The van der Waals surface area contributed by atoms with Crippen LogP contribution in [0.15, 0.2) is 71.5 Å². The van der Waals surface area contributed by atoms with Crippen molar-refractivity contribution in [3.63, 3.8) is 0 Å². The van der Waals surface area contributed by atoms with Crippen molar-refractivity contribution < 1.29 is 9.53 Å². The lowest BCUT2D eigenvalue weighted by Crippen LogP contribution is -2.20. The number of nitrogens with one attached hydrogen (secondary N) is 2. The summed E-state index contributed by atoms with van der Waals surface area (Å²) in [5.41, 5.74) is 3.48. The fourth-order valence-electron chi connectivity index (χ4n) is 3.25. The van der Waals surface area contributed by atoms with Crippen LogP contribution in [0, 0.1) is 6.92 Å². The maximum absolute atomic E-state index is 12.6. The summed E-state index contributed by atoms with van der Waals surface area (Å²) in [6.07, 6.45) is 0. The summed E-state index contributed by atoms with van der Waals surface area (Å²) in [6.45, 7) is 1.98. The third-order valence-electron chi connectivity index (χ3n) is 4.90. The number of hydrogen-bond acceptors (Lipinski definition) is 3. The third-order valence-corrected chi connectivity index (χ3v) is 4.90. The summed E-state index contributed by atoms with van der Waals surface area (Å²) in [5, 5.41) is 5.65. The highest BCUT2D eigenvalue weighted by molar-refractivity contribution is 6.02. The number of nitrogens with zero attached hydrogens (tertiary/aromatic N) is 2. The van der Waals surface area contributed by atoms with Crippen molar-refractivity contribution in [2.24, 2.45) is 14.1 Å². The lowest BCUT2D eigenvalue weighted by molar-refractivity contribution is 0.262. The number of hydrogen-bond donors (Lipinski definition) is 2. The van der Waals surface area contributed by atoms with Crippen molar-refractivity contribution in [2.75, 3.05) is 10.6 Å². The van der Waals surface area contributed by atoms with E-state index in [1.165, 1.54) is 4.57 Å². The smallest absolute Gasteiger partial charge is 0.328 e. The van der Waals surface area contributed by atoms with E-state index < -0.39 is 6.03 Å². The number of anilines is 2. The number of fused-ring (bicyclic) bond motifs is 1. The quantitative estimate of drug-likeness (QED) is 0.523. The predicted octanol–water partition coefficient (Wildman–Crippen LogP) is 4.62. The first-order chi connectivity index (χ1) is 14.4. The molecule has 0 spiro atoms. The standard InChI is InChI=1S/C23H22N4O3/c1-15-9-11-16(12-10-15)24-22(28)25-18-13-19-20(27(3)23(29)26(19)2)14-21(18)30-17-7-5-4-6-8-17/h4-14H,1-3H3,(H2,24,25,28). The minimum absolute atomic E-state index is 0.156. The van der Waals surface area contributed by atoms with Crippen LogP contribution in [-0.4, -0.2) is 15.2 Å². The van der Waals surface area contributed by atoms with Crippen molar-refractivity contribution in [1.29, 1.82) is 0 Å². The zero-order valence-electron chi connectivity index (χ0n) is 17.0. The summed E-state index contributed by atoms with van der Waals surface area (Å²) in [5.74, 6) is 1.06. The van der Waals surface area contributed by atoms with Crippen LogP contribution < -0.4 is 21.1 Å². The Bertz CT molecular complexity index is 1270. The molecule has 30 heavy (non-hydrogen) atoms. The summed E-state index contributed by atoms with van der Waals surface area (Å²) in [6, 6.07) is 19.9. The van der Waals surface area contributed by atoms with Gasteiger partial charge in [0.15, 0.2) is 5.75 Å². The topological polar surface area (TPSA) is 77.3 Å². The molecule has 7 nitrogen and oxygen atoms in total. The number of aromatic nitrogens is 2. The highest BCUT2D eigenvalue weighted by Crippen LogP contribution is 2.33. The second kappa shape index (κ2) is 7.79. The number of rotatable bonds is 4. The molecule has 2 amide bonds. The van der Waals surface area contributed by atoms with E-state index in [1.54, 1.807) is 30.8 Å². The Morgan fingerprint density at radius 2 is 1.50 bits per heavy atom. The van der Waals surface area contributed by atoms with Crippen molar-refractivity contribution in [2.45, 2.75) is 6.92 Å². The summed E-state index contributed by atoms with van der Waals surface area (Å²) >= 11 is 0. The summed E-state index contributed by atoms with van der Waals surface area (Å²) < 4.78 is 9.10. The first-order valence-electron chi connectivity index (χ1n) is 9.49. The van der Waals surface area contributed by atoms with Gasteiger partial charge in [-0.25, -0.2) is 9.59 Å². The van der Waals surface area contributed by atoms with Crippen LogP contribution in [0.3, 0.4) is 0 Å². The molecule has 1 heterocycles. The molecule has 0 aliphatic carbocycles. The van der Waals surface area contributed by atoms with Gasteiger partial charge in [0.1, 0.15) is 5.75 Å². The lowest BCUT2D eigenvalue weighted by atomic mass is 10.2.